The molecule has 3 aromatic rings. The molecule has 4 heterocycles. The molecular weight excluding hydrogens is 425 g/mol. The Morgan fingerprint density at radius 1 is 1.15 bits per heavy atom. The minimum Gasteiger partial charge on any atom is -0.354 e. The van der Waals surface area contributed by atoms with Gasteiger partial charge in [-0.25, -0.2) is 9.37 Å². The number of rotatable bonds is 5. The first-order valence-electron chi connectivity index (χ1n) is 10.9. The smallest absolute Gasteiger partial charge is 0.255 e. The first kappa shape index (κ1) is 20.9. The van der Waals surface area contributed by atoms with Crippen molar-refractivity contribution in [2.45, 2.75) is 25.3 Å². The Kier molecular flexibility index (Phi) is 5.41. The van der Waals surface area contributed by atoms with Crippen LogP contribution in [0.15, 0.2) is 42.9 Å². The van der Waals surface area contributed by atoms with Crippen molar-refractivity contribution in [3.8, 4) is 0 Å². The van der Waals surface area contributed by atoms with Gasteiger partial charge in [-0.15, -0.1) is 0 Å². The maximum Gasteiger partial charge on any atom is 0.255 e. The van der Waals surface area contributed by atoms with Gasteiger partial charge in [-0.05, 0) is 24.5 Å². The molecule has 2 aromatic heterocycles. The number of benzene rings is 1. The van der Waals surface area contributed by atoms with Gasteiger partial charge in [0.05, 0.1) is 41.1 Å². The zero-order valence-corrected chi connectivity index (χ0v) is 18.1. The number of carbonyl (C=O) groups excluding carboxylic acids is 2. The third-order valence-corrected chi connectivity index (χ3v) is 6.04. The van der Waals surface area contributed by atoms with Crippen molar-refractivity contribution in [3.63, 3.8) is 0 Å². The molecule has 0 bridgehead atoms. The number of fused-ring (bicyclic) bond motifs is 1. The van der Waals surface area contributed by atoms with Gasteiger partial charge in [-0.1, -0.05) is 12.1 Å². The van der Waals surface area contributed by atoms with E-state index in [1.165, 1.54) is 0 Å². The number of hydrogen-bond acceptors (Lipinski definition) is 6. The molecule has 9 nitrogen and oxygen atoms in total. The standard InChI is InChI=1S/C23H24FN7O2/c1-30-8-7-14-3-2-4-18(22(14)23(30)33)29-19-9-20(25-12-17(19)24)28-15-10-27-31(13-15)16-5-6-21(32)26-11-16/h2-4,9-10,12-13,16H,5-8,11H2,1H3,(H,26,32)(H2,25,28,29)/t16-/m1/s1. The number of nitrogens with zero attached hydrogens (tertiary/aromatic N) is 4. The van der Waals surface area contributed by atoms with Crippen LogP contribution in [0.4, 0.5) is 27.3 Å². The van der Waals surface area contributed by atoms with Crippen LogP contribution in [-0.2, 0) is 11.2 Å². The lowest BCUT2D eigenvalue weighted by Gasteiger charge is -2.27. The summed E-state index contributed by atoms with van der Waals surface area (Å²) in [5, 5.41) is 13.4. The number of carbonyl (C=O) groups is 2. The van der Waals surface area contributed by atoms with Crippen LogP contribution in [0.3, 0.4) is 0 Å². The minimum absolute atomic E-state index is 0.0559. The summed E-state index contributed by atoms with van der Waals surface area (Å²) >= 11 is 0. The molecule has 2 aliphatic rings. The number of hydrogen-bond donors (Lipinski definition) is 3. The lowest BCUT2D eigenvalue weighted by Crippen LogP contribution is -2.36. The monoisotopic (exact) mass is 449 g/mol. The predicted octanol–water partition coefficient (Wildman–Crippen LogP) is 2.98. The van der Waals surface area contributed by atoms with Crippen LogP contribution in [0.5, 0.6) is 0 Å². The Hall–Kier alpha value is -3.95. The minimum atomic E-state index is -0.525. The topological polar surface area (TPSA) is 104 Å². The van der Waals surface area contributed by atoms with Crippen LogP contribution in [0.2, 0.25) is 0 Å². The number of halogens is 1. The van der Waals surface area contributed by atoms with Crippen LogP contribution in [0, 0.1) is 5.82 Å². The Labute approximate surface area is 190 Å². The van der Waals surface area contributed by atoms with Crippen LogP contribution >= 0.6 is 0 Å². The average molecular weight is 449 g/mol. The van der Waals surface area contributed by atoms with Gasteiger partial charge in [0.2, 0.25) is 5.91 Å². The third kappa shape index (κ3) is 4.23. The highest BCUT2D eigenvalue weighted by Gasteiger charge is 2.25. The average Bonchev–Trinajstić information content (AvgIpc) is 3.27. The summed E-state index contributed by atoms with van der Waals surface area (Å²) in [6, 6.07) is 7.22. The van der Waals surface area contributed by atoms with E-state index >= 15 is 0 Å². The largest absolute Gasteiger partial charge is 0.354 e. The van der Waals surface area contributed by atoms with E-state index < -0.39 is 5.82 Å². The van der Waals surface area contributed by atoms with Crippen LogP contribution in [-0.4, -0.2) is 51.6 Å². The van der Waals surface area contributed by atoms with Crippen molar-refractivity contribution in [2.75, 3.05) is 30.8 Å². The summed E-state index contributed by atoms with van der Waals surface area (Å²) in [6.07, 6.45) is 6.59. The number of anilines is 4. The summed E-state index contributed by atoms with van der Waals surface area (Å²) in [5.74, 6) is -0.120. The van der Waals surface area contributed by atoms with E-state index in [4.69, 9.17) is 0 Å². The third-order valence-electron chi connectivity index (χ3n) is 6.04. The molecule has 3 N–H and O–H groups in total. The summed E-state index contributed by atoms with van der Waals surface area (Å²) in [4.78, 5) is 29.9. The Bertz CT molecular complexity index is 1220. The highest BCUT2D eigenvalue weighted by molar-refractivity contribution is 6.02. The van der Waals surface area contributed by atoms with E-state index in [2.05, 4.69) is 26.0 Å². The van der Waals surface area contributed by atoms with Gasteiger partial charge in [0.25, 0.3) is 5.91 Å². The Morgan fingerprint density at radius 3 is 2.85 bits per heavy atom. The number of likely N-dealkylation sites (N-methyl/N-ethyl adjacent to an activating group) is 1. The fraction of sp³-hybridized carbons (Fsp3) is 0.304. The first-order chi connectivity index (χ1) is 16.0. The molecule has 2 aliphatic heterocycles. The van der Waals surface area contributed by atoms with Gasteiger partial charge >= 0.3 is 0 Å². The van der Waals surface area contributed by atoms with Crippen molar-refractivity contribution >= 4 is 34.7 Å². The maximum atomic E-state index is 14.6. The zero-order valence-electron chi connectivity index (χ0n) is 18.1. The van der Waals surface area contributed by atoms with Gasteiger partial charge in [-0.3, -0.25) is 14.3 Å². The molecular formula is C23H24FN7O2. The maximum absolute atomic E-state index is 14.6. The number of piperidine rings is 1. The molecule has 1 atom stereocenters. The molecule has 170 valence electrons. The molecule has 1 aromatic carbocycles. The fourth-order valence-corrected chi connectivity index (χ4v) is 4.19. The molecule has 1 saturated heterocycles. The van der Waals surface area contributed by atoms with Crippen molar-refractivity contribution in [2.24, 2.45) is 0 Å². The quantitative estimate of drug-likeness (QED) is 0.553. The summed E-state index contributed by atoms with van der Waals surface area (Å²) in [5.41, 5.74) is 2.99. The molecule has 0 unspecified atom stereocenters. The van der Waals surface area contributed by atoms with Crippen LogP contribution < -0.4 is 16.0 Å². The van der Waals surface area contributed by atoms with E-state index in [9.17, 15) is 14.0 Å². The summed E-state index contributed by atoms with van der Waals surface area (Å²) < 4.78 is 16.4. The molecule has 33 heavy (non-hydrogen) atoms. The number of aromatic nitrogens is 3. The van der Waals surface area contributed by atoms with E-state index in [1.807, 2.05) is 23.0 Å². The van der Waals surface area contributed by atoms with Crippen LogP contribution in [0.25, 0.3) is 0 Å². The molecule has 0 aliphatic carbocycles. The highest BCUT2D eigenvalue weighted by atomic mass is 19.1. The predicted molar refractivity (Wildman–Crippen MR) is 121 cm³/mol. The second kappa shape index (κ2) is 8.53. The zero-order chi connectivity index (χ0) is 22.9. The Balaban J connectivity index is 1.35. The van der Waals surface area contributed by atoms with Gasteiger partial charge in [-0.2, -0.15) is 5.10 Å². The van der Waals surface area contributed by atoms with Gasteiger partial charge in [0.15, 0.2) is 5.82 Å². The normalized spacial score (nSPS) is 18.0. The summed E-state index contributed by atoms with van der Waals surface area (Å²) in [6.45, 7) is 1.20. The second-order valence-corrected chi connectivity index (χ2v) is 8.32. The molecule has 0 saturated carbocycles. The van der Waals surface area contributed by atoms with Gasteiger partial charge in [0, 0.05) is 38.8 Å². The van der Waals surface area contributed by atoms with Crippen molar-refractivity contribution in [1.29, 1.82) is 0 Å². The lowest BCUT2D eigenvalue weighted by molar-refractivity contribution is -0.122. The summed E-state index contributed by atoms with van der Waals surface area (Å²) in [7, 11) is 1.76. The molecule has 1 fully saturated rings. The molecule has 0 radical (unpaired) electrons. The molecule has 10 heteroatoms. The molecule has 0 spiro atoms. The molecule has 5 rings (SSSR count). The van der Waals surface area contributed by atoms with Crippen LogP contribution in [0.1, 0.15) is 34.8 Å². The molecule has 2 amide bonds. The number of nitrogens with one attached hydrogen (secondary N) is 3. The van der Waals surface area contributed by atoms with E-state index in [1.54, 1.807) is 30.3 Å². The van der Waals surface area contributed by atoms with Crippen molar-refractivity contribution < 1.29 is 14.0 Å². The highest BCUT2D eigenvalue weighted by Crippen LogP contribution is 2.30. The second-order valence-electron chi connectivity index (χ2n) is 8.32. The van der Waals surface area contributed by atoms with E-state index in [0.717, 1.165) is 24.6 Å². The number of amides is 2. The number of pyridine rings is 1. The van der Waals surface area contributed by atoms with E-state index in [0.29, 0.717) is 42.3 Å². The van der Waals surface area contributed by atoms with Gasteiger partial charge < -0.3 is 20.9 Å². The van der Waals surface area contributed by atoms with Gasteiger partial charge in [0.1, 0.15) is 5.82 Å². The Morgan fingerprint density at radius 2 is 2.03 bits per heavy atom. The fourth-order valence-electron chi connectivity index (χ4n) is 4.19. The first-order valence-corrected chi connectivity index (χ1v) is 10.9. The van der Waals surface area contributed by atoms with Crippen molar-refractivity contribution in [3.05, 3.63) is 59.8 Å². The van der Waals surface area contributed by atoms with Crippen molar-refractivity contribution in [1.82, 2.24) is 25.0 Å². The van der Waals surface area contributed by atoms with E-state index in [-0.39, 0.29) is 23.5 Å². The SMILES string of the molecule is CN1CCc2cccc(Nc3cc(Nc4cnn([C@@H]5CCC(=O)NC5)c4)ncc3F)c2C1=O. The lowest BCUT2D eigenvalue weighted by atomic mass is 9.97.